The highest BCUT2D eigenvalue weighted by atomic mass is 35.5. The standard InChI is InChI=1S/C19H18ClN3O5/c1-11-14(20)3-2-4-15(11)22-18(24)10-28-19(25)12-5-8-16(21-13-6-7-13)17(9-12)23(26)27/h2-5,8-9,13,21H,6-7,10H2,1H3,(H,22,24). The monoisotopic (exact) mass is 403 g/mol. The number of esters is 1. The highest BCUT2D eigenvalue weighted by Crippen LogP contribution is 2.31. The van der Waals surface area contributed by atoms with Gasteiger partial charge in [-0.2, -0.15) is 0 Å². The predicted molar refractivity (Wildman–Crippen MR) is 105 cm³/mol. The first kappa shape index (κ1) is 19.6. The van der Waals surface area contributed by atoms with Crippen molar-refractivity contribution in [1.82, 2.24) is 0 Å². The lowest BCUT2D eigenvalue weighted by Crippen LogP contribution is -2.21. The molecular weight excluding hydrogens is 386 g/mol. The number of ether oxygens (including phenoxy) is 1. The van der Waals surface area contributed by atoms with Crippen LogP contribution in [0.1, 0.15) is 28.8 Å². The lowest BCUT2D eigenvalue weighted by Gasteiger charge is -2.10. The topological polar surface area (TPSA) is 111 Å². The lowest BCUT2D eigenvalue weighted by atomic mass is 10.1. The van der Waals surface area contributed by atoms with Gasteiger partial charge in [0.1, 0.15) is 5.69 Å². The van der Waals surface area contributed by atoms with Crippen LogP contribution in [0.3, 0.4) is 0 Å². The minimum Gasteiger partial charge on any atom is -0.452 e. The average molecular weight is 404 g/mol. The number of nitro groups is 1. The Morgan fingerprint density at radius 1 is 1.25 bits per heavy atom. The molecule has 9 heteroatoms. The normalized spacial score (nSPS) is 12.9. The molecule has 1 aliphatic carbocycles. The Morgan fingerprint density at radius 2 is 2.00 bits per heavy atom. The summed E-state index contributed by atoms with van der Waals surface area (Å²) in [5, 5.41) is 17.4. The Morgan fingerprint density at radius 3 is 2.68 bits per heavy atom. The molecule has 0 aromatic heterocycles. The van der Waals surface area contributed by atoms with Crippen LogP contribution in [0.4, 0.5) is 17.1 Å². The second kappa shape index (κ2) is 8.26. The Kier molecular flexibility index (Phi) is 5.79. The van der Waals surface area contributed by atoms with E-state index < -0.39 is 23.4 Å². The first-order chi connectivity index (χ1) is 13.3. The maximum atomic E-state index is 12.2. The SMILES string of the molecule is Cc1c(Cl)cccc1NC(=O)COC(=O)c1ccc(NC2CC2)c([N+](=O)[O-])c1. The lowest BCUT2D eigenvalue weighted by molar-refractivity contribution is -0.384. The predicted octanol–water partition coefficient (Wildman–Crippen LogP) is 3.93. The Labute approximate surface area is 166 Å². The molecule has 0 atom stereocenters. The van der Waals surface area contributed by atoms with Gasteiger partial charge in [-0.3, -0.25) is 14.9 Å². The van der Waals surface area contributed by atoms with Gasteiger partial charge in [0.2, 0.25) is 0 Å². The molecule has 1 saturated carbocycles. The number of nitrogens with one attached hydrogen (secondary N) is 2. The van der Waals surface area contributed by atoms with E-state index in [0.29, 0.717) is 22.0 Å². The van der Waals surface area contributed by atoms with E-state index in [1.54, 1.807) is 25.1 Å². The fourth-order valence-corrected chi connectivity index (χ4v) is 2.70. The zero-order valence-corrected chi connectivity index (χ0v) is 15.8. The van der Waals surface area contributed by atoms with Crippen LogP contribution in [0.15, 0.2) is 36.4 Å². The first-order valence-corrected chi connectivity index (χ1v) is 9.00. The van der Waals surface area contributed by atoms with Gasteiger partial charge in [-0.25, -0.2) is 4.79 Å². The molecule has 0 unspecified atom stereocenters. The molecule has 0 bridgehead atoms. The number of hydrogen-bond acceptors (Lipinski definition) is 6. The number of amides is 1. The molecule has 2 N–H and O–H groups in total. The number of rotatable bonds is 7. The van der Waals surface area contributed by atoms with E-state index in [1.807, 2.05) is 0 Å². The van der Waals surface area contributed by atoms with E-state index in [-0.39, 0.29) is 17.3 Å². The van der Waals surface area contributed by atoms with Crippen LogP contribution in [0.25, 0.3) is 0 Å². The summed E-state index contributed by atoms with van der Waals surface area (Å²) in [5.74, 6) is -1.36. The molecule has 0 saturated heterocycles. The van der Waals surface area contributed by atoms with Crippen LogP contribution in [-0.4, -0.2) is 29.4 Å². The molecule has 1 amide bonds. The van der Waals surface area contributed by atoms with E-state index in [4.69, 9.17) is 16.3 Å². The van der Waals surface area contributed by atoms with Gasteiger partial charge in [-0.15, -0.1) is 0 Å². The zero-order chi connectivity index (χ0) is 20.3. The maximum absolute atomic E-state index is 12.2. The van der Waals surface area contributed by atoms with Crippen molar-refractivity contribution in [2.24, 2.45) is 0 Å². The second-order valence-corrected chi connectivity index (χ2v) is 6.85. The van der Waals surface area contributed by atoms with E-state index >= 15 is 0 Å². The average Bonchev–Trinajstić information content (AvgIpc) is 3.47. The zero-order valence-electron chi connectivity index (χ0n) is 15.0. The van der Waals surface area contributed by atoms with Gasteiger partial charge in [0.15, 0.2) is 6.61 Å². The fraction of sp³-hybridized carbons (Fsp3) is 0.263. The molecule has 0 spiro atoms. The quantitative estimate of drug-likeness (QED) is 0.411. The summed E-state index contributed by atoms with van der Waals surface area (Å²) < 4.78 is 4.97. The summed E-state index contributed by atoms with van der Waals surface area (Å²) in [6.07, 6.45) is 1.92. The summed E-state index contributed by atoms with van der Waals surface area (Å²) >= 11 is 6.00. The number of nitrogens with zero attached hydrogens (tertiary/aromatic N) is 1. The second-order valence-electron chi connectivity index (χ2n) is 6.44. The summed E-state index contributed by atoms with van der Waals surface area (Å²) in [5.41, 5.74) is 1.36. The summed E-state index contributed by atoms with van der Waals surface area (Å²) in [4.78, 5) is 34.9. The molecule has 0 radical (unpaired) electrons. The van der Waals surface area contributed by atoms with E-state index in [2.05, 4.69) is 10.6 Å². The third-order valence-corrected chi connectivity index (χ3v) is 4.65. The van der Waals surface area contributed by atoms with Gasteiger partial charge in [-0.05, 0) is 49.6 Å². The number of anilines is 2. The van der Waals surface area contributed by atoms with Crippen molar-refractivity contribution in [1.29, 1.82) is 0 Å². The first-order valence-electron chi connectivity index (χ1n) is 8.62. The van der Waals surface area contributed by atoms with E-state index in [1.165, 1.54) is 12.1 Å². The van der Waals surface area contributed by atoms with Crippen molar-refractivity contribution in [2.45, 2.75) is 25.8 Å². The molecular formula is C19H18ClN3O5. The molecule has 2 aromatic carbocycles. The van der Waals surface area contributed by atoms with Crippen LogP contribution < -0.4 is 10.6 Å². The summed E-state index contributed by atoms with van der Waals surface area (Å²) in [6.45, 7) is 1.22. The minimum atomic E-state index is -0.820. The molecule has 146 valence electrons. The van der Waals surface area contributed by atoms with Crippen molar-refractivity contribution in [3.8, 4) is 0 Å². The summed E-state index contributed by atoms with van der Waals surface area (Å²) in [7, 11) is 0. The highest BCUT2D eigenvalue weighted by molar-refractivity contribution is 6.31. The molecule has 8 nitrogen and oxygen atoms in total. The van der Waals surface area contributed by atoms with Crippen LogP contribution in [0.2, 0.25) is 5.02 Å². The van der Waals surface area contributed by atoms with Crippen LogP contribution >= 0.6 is 11.6 Å². The van der Waals surface area contributed by atoms with Gasteiger partial charge in [-0.1, -0.05) is 17.7 Å². The number of carbonyl (C=O) groups is 2. The van der Waals surface area contributed by atoms with Crippen LogP contribution in [0, 0.1) is 17.0 Å². The van der Waals surface area contributed by atoms with E-state index in [9.17, 15) is 19.7 Å². The third kappa shape index (κ3) is 4.77. The molecule has 0 aliphatic heterocycles. The number of carbonyl (C=O) groups excluding carboxylic acids is 2. The van der Waals surface area contributed by atoms with Crippen molar-refractivity contribution >= 4 is 40.5 Å². The van der Waals surface area contributed by atoms with Gasteiger partial charge >= 0.3 is 5.97 Å². The van der Waals surface area contributed by atoms with Crippen LogP contribution in [-0.2, 0) is 9.53 Å². The van der Waals surface area contributed by atoms with Gasteiger partial charge in [0.05, 0.1) is 10.5 Å². The Hall–Kier alpha value is -3.13. The van der Waals surface area contributed by atoms with Crippen LogP contribution in [0.5, 0.6) is 0 Å². The molecule has 2 aromatic rings. The largest absolute Gasteiger partial charge is 0.452 e. The fourth-order valence-electron chi connectivity index (χ4n) is 2.52. The van der Waals surface area contributed by atoms with E-state index in [0.717, 1.165) is 18.9 Å². The van der Waals surface area contributed by atoms with Crippen molar-refractivity contribution in [2.75, 3.05) is 17.2 Å². The Bertz CT molecular complexity index is 943. The van der Waals surface area contributed by atoms with Crippen molar-refractivity contribution in [3.63, 3.8) is 0 Å². The van der Waals surface area contributed by atoms with Gasteiger partial charge in [0.25, 0.3) is 11.6 Å². The minimum absolute atomic E-state index is 0.000201. The maximum Gasteiger partial charge on any atom is 0.338 e. The smallest absolute Gasteiger partial charge is 0.338 e. The molecule has 3 rings (SSSR count). The van der Waals surface area contributed by atoms with Crippen molar-refractivity contribution in [3.05, 3.63) is 62.7 Å². The number of nitro benzene ring substituents is 1. The molecule has 0 heterocycles. The third-order valence-electron chi connectivity index (χ3n) is 4.24. The Balaban J connectivity index is 1.62. The van der Waals surface area contributed by atoms with Gasteiger partial charge in [0, 0.05) is 22.8 Å². The molecule has 28 heavy (non-hydrogen) atoms. The molecule has 1 aliphatic rings. The number of hydrogen-bond donors (Lipinski definition) is 2. The summed E-state index contributed by atoms with van der Waals surface area (Å²) in [6, 6.07) is 9.34. The number of halogens is 1. The van der Waals surface area contributed by atoms with Crippen molar-refractivity contribution < 1.29 is 19.2 Å². The highest BCUT2D eigenvalue weighted by Gasteiger charge is 2.26. The van der Waals surface area contributed by atoms with Gasteiger partial charge < -0.3 is 15.4 Å². The molecule has 1 fully saturated rings. The number of benzene rings is 2.